The molecule has 0 saturated heterocycles. The van der Waals surface area contributed by atoms with Gasteiger partial charge in [-0.25, -0.2) is 0 Å². The first-order valence-electron chi connectivity index (χ1n) is 7.15. The van der Waals surface area contributed by atoms with Crippen molar-refractivity contribution in [2.24, 2.45) is 17.8 Å². The molecule has 2 fully saturated rings. The molecular formula is C14H22ClN3O. The standard InChI is InChI=1S/C14H22ClN3O/c1-16-13(12-9-4-3-5-10(9)12)14-11(15)8-17-18(14)6-7-19-2/h8-10,12-13,16H,3-7H2,1-2H3. The number of aromatic nitrogens is 2. The molecule has 0 aromatic carbocycles. The Hall–Kier alpha value is -0.580. The summed E-state index contributed by atoms with van der Waals surface area (Å²) in [4.78, 5) is 0. The van der Waals surface area contributed by atoms with E-state index in [4.69, 9.17) is 16.3 Å². The fourth-order valence-corrected chi connectivity index (χ4v) is 4.18. The van der Waals surface area contributed by atoms with Crippen molar-refractivity contribution >= 4 is 11.6 Å². The van der Waals surface area contributed by atoms with Gasteiger partial charge in [-0.05, 0) is 37.6 Å². The van der Waals surface area contributed by atoms with Gasteiger partial charge in [0.25, 0.3) is 0 Å². The van der Waals surface area contributed by atoms with E-state index < -0.39 is 0 Å². The molecule has 3 unspecified atom stereocenters. The summed E-state index contributed by atoms with van der Waals surface area (Å²) in [5, 5.41) is 8.64. The third-order valence-electron chi connectivity index (χ3n) is 4.80. The van der Waals surface area contributed by atoms with E-state index in [-0.39, 0.29) is 0 Å². The summed E-state index contributed by atoms with van der Waals surface area (Å²) in [6.45, 7) is 1.43. The molecule has 0 amide bonds. The molecule has 19 heavy (non-hydrogen) atoms. The minimum Gasteiger partial charge on any atom is -0.383 e. The van der Waals surface area contributed by atoms with Gasteiger partial charge in [-0.2, -0.15) is 5.10 Å². The molecule has 5 heteroatoms. The van der Waals surface area contributed by atoms with Crippen LogP contribution in [0.25, 0.3) is 0 Å². The van der Waals surface area contributed by atoms with E-state index in [0.29, 0.717) is 12.6 Å². The molecule has 2 aliphatic carbocycles. The number of nitrogens with zero attached hydrogens (tertiary/aromatic N) is 2. The molecule has 0 spiro atoms. The van der Waals surface area contributed by atoms with Crippen LogP contribution in [0, 0.1) is 17.8 Å². The van der Waals surface area contributed by atoms with E-state index in [0.717, 1.165) is 35.0 Å². The van der Waals surface area contributed by atoms with Crippen LogP contribution in [0.4, 0.5) is 0 Å². The molecule has 1 N–H and O–H groups in total. The van der Waals surface area contributed by atoms with Crippen molar-refractivity contribution in [3.05, 3.63) is 16.9 Å². The fraction of sp³-hybridized carbons (Fsp3) is 0.786. The Morgan fingerprint density at radius 2 is 2.26 bits per heavy atom. The lowest BCUT2D eigenvalue weighted by Crippen LogP contribution is -2.25. The number of rotatable bonds is 6. The maximum absolute atomic E-state index is 6.36. The van der Waals surface area contributed by atoms with E-state index in [1.165, 1.54) is 19.3 Å². The Morgan fingerprint density at radius 3 is 2.89 bits per heavy atom. The second-order valence-electron chi connectivity index (χ2n) is 5.70. The van der Waals surface area contributed by atoms with Crippen molar-refractivity contribution in [2.45, 2.75) is 31.8 Å². The molecule has 1 aromatic heterocycles. The van der Waals surface area contributed by atoms with Gasteiger partial charge < -0.3 is 10.1 Å². The van der Waals surface area contributed by atoms with Gasteiger partial charge in [0.2, 0.25) is 0 Å². The predicted octanol–water partition coefficient (Wildman–Crippen LogP) is 2.49. The second kappa shape index (κ2) is 5.43. The average molecular weight is 284 g/mol. The lowest BCUT2D eigenvalue weighted by Gasteiger charge is -2.20. The molecule has 0 radical (unpaired) electrons. The third-order valence-corrected chi connectivity index (χ3v) is 5.09. The van der Waals surface area contributed by atoms with E-state index >= 15 is 0 Å². The lowest BCUT2D eigenvalue weighted by molar-refractivity contribution is 0.181. The van der Waals surface area contributed by atoms with Crippen LogP contribution in [0.2, 0.25) is 5.02 Å². The summed E-state index contributed by atoms with van der Waals surface area (Å²) < 4.78 is 7.15. The highest BCUT2D eigenvalue weighted by molar-refractivity contribution is 6.31. The molecule has 0 aliphatic heterocycles. The first-order valence-corrected chi connectivity index (χ1v) is 7.53. The quantitative estimate of drug-likeness (QED) is 0.872. The largest absolute Gasteiger partial charge is 0.383 e. The smallest absolute Gasteiger partial charge is 0.0834 e. The van der Waals surface area contributed by atoms with Crippen LogP contribution in [-0.2, 0) is 11.3 Å². The van der Waals surface area contributed by atoms with Gasteiger partial charge in [0, 0.05) is 7.11 Å². The van der Waals surface area contributed by atoms with E-state index in [1.54, 1.807) is 13.3 Å². The lowest BCUT2D eigenvalue weighted by atomic mass is 10.0. The Bertz CT molecular complexity index is 438. The van der Waals surface area contributed by atoms with Crippen molar-refractivity contribution in [3.63, 3.8) is 0 Å². The molecule has 1 heterocycles. The highest BCUT2D eigenvalue weighted by Crippen LogP contribution is 2.62. The van der Waals surface area contributed by atoms with Gasteiger partial charge in [-0.1, -0.05) is 18.0 Å². The summed E-state index contributed by atoms with van der Waals surface area (Å²) in [5.74, 6) is 2.55. The summed E-state index contributed by atoms with van der Waals surface area (Å²) in [5.41, 5.74) is 1.14. The molecule has 3 rings (SSSR count). The molecule has 2 aliphatic rings. The number of ether oxygens (including phenoxy) is 1. The molecule has 2 saturated carbocycles. The maximum atomic E-state index is 6.36. The van der Waals surface area contributed by atoms with Crippen LogP contribution in [0.15, 0.2) is 6.20 Å². The van der Waals surface area contributed by atoms with Gasteiger partial charge >= 0.3 is 0 Å². The van der Waals surface area contributed by atoms with Gasteiger partial charge in [0.1, 0.15) is 0 Å². The minimum absolute atomic E-state index is 0.335. The van der Waals surface area contributed by atoms with Crippen LogP contribution < -0.4 is 5.32 Å². The number of methoxy groups -OCH3 is 1. The maximum Gasteiger partial charge on any atom is 0.0834 e. The zero-order valence-corrected chi connectivity index (χ0v) is 12.4. The van der Waals surface area contributed by atoms with Gasteiger partial charge in [-0.15, -0.1) is 0 Å². The first kappa shape index (κ1) is 13.4. The summed E-state index contributed by atoms with van der Waals surface area (Å²) in [6.07, 6.45) is 5.93. The Labute approximate surface area is 119 Å². The number of halogens is 1. The van der Waals surface area contributed by atoms with Crippen molar-refractivity contribution in [1.29, 1.82) is 0 Å². The minimum atomic E-state index is 0.335. The zero-order valence-electron chi connectivity index (χ0n) is 11.6. The van der Waals surface area contributed by atoms with Crippen molar-refractivity contribution < 1.29 is 4.74 Å². The molecule has 4 nitrogen and oxygen atoms in total. The van der Waals surface area contributed by atoms with Gasteiger partial charge in [0.05, 0.1) is 36.1 Å². The van der Waals surface area contributed by atoms with Crippen molar-refractivity contribution in [1.82, 2.24) is 15.1 Å². The monoisotopic (exact) mass is 283 g/mol. The highest BCUT2D eigenvalue weighted by Gasteiger charge is 2.56. The molecule has 3 atom stereocenters. The summed E-state index contributed by atoms with van der Waals surface area (Å²) >= 11 is 6.36. The van der Waals surface area contributed by atoms with E-state index in [2.05, 4.69) is 10.4 Å². The number of hydrogen-bond donors (Lipinski definition) is 1. The average Bonchev–Trinajstić information content (AvgIpc) is 2.78. The van der Waals surface area contributed by atoms with E-state index in [9.17, 15) is 0 Å². The number of fused-ring (bicyclic) bond motifs is 1. The normalized spacial score (nSPS) is 30.4. The Kier molecular flexibility index (Phi) is 3.83. The zero-order chi connectivity index (χ0) is 13.4. The van der Waals surface area contributed by atoms with Crippen LogP contribution >= 0.6 is 11.6 Å². The first-order chi connectivity index (χ1) is 9.27. The topological polar surface area (TPSA) is 39.1 Å². The number of hydrogen-bond acceptors (Lipinski definition) is 3. The molecule has 1 aromatic rings. The van der Waals surface area contributed by atoms with Gasteiger partial charge in [-0.3, -0.25) is 4.68 Å². The second-order valence-corrected chi connectivity index (χ2v) is 6.10. The van der Waals surface area contributed by atoms with Crippen molar-refractivity contribution in [3.8, 4) is 0 Å². The van der Waals surface area contributed by atoms with Crippen LogP contribution in [-0.4, -0.2) is 30.5 Å². The van der Waals surface area contributed by atoms with Crippen molar-refractivity contribution in [2.75, 3.05) is 20.8 Å². The highest BCUT2D eigenvalue weighted by atomic mass is 35.5. The van der Waals surface area contributed by atoms with Gasteiger partial charge in [0.15, 0.2) is 0 Å². The number of nitrogens with one attached hydrogen (secondary N) is 1. The fourth-order valence-electron chi connectivity index (χ4n) is 3.92. The summed E-state index contributed by atoms with van der Waals surface area (Å²) in [7, 11) is 3.74. The van der Waals surface area contributed by atoms with Crippen LogP contribution in [0.1, 0.15) is 31.0 Å². The Morgan fingerprint density at radius 1 is 1.53 bits per heavy atom. The van der Waals surface area contributed by atoms with Crippen LogP contribution in [0.5, 0.6) is 0 Å². The molecule has 106 valence electrons. The molecule has 0 bridgehead atoms. The molecular weight excluding hydrogens is 262 g/mol. The summed E-state index contributed by atoms with van der Waals surface area (Å²) in [6, 6.07) is 0.335. The Balaban J connectivity index is 1.80. The predicted molar refractivity (Wildman–Crippen MR) is 75.2 cm³/mol. The SMILES string of the molecule is CNC(c1c(Cl)cnn1CCOC)C1C2CCCC21. The van der Waals surface area contributed by atoms with Crippen LogP contribution in [0.3, 0.4) is 0 Å². The third kappa shape index (κ3) is 2.30. The van der Waals surface area contributed by atoms with E-state index in [1.807, 2.05) is 11.7 Å².